The molecule has 0 aliphatic carbocycles. The Balaban J connectivity index is 1.63. The van der Waals surface area contributed by atoms with Gasteiger partial charge in [0, 0.05) is 17.9 Å². The van der Waals surface area contributed by atoms with E-state index in [2.05, 4.69) is 22.3 Å². The minimum absolute atomic E-state index is 0.0566. The fourth-order valence-corrected chi connectivity index (χ4v) is 3.73. The van der Waals surface area contributed by atoms with Crippen molar-refractivity contribution in [3.8, 4) is 0 Å². The van der Waals surface area contributed by atoms with E-state index >= 15 is 0 Å². The number of aromatic nitrogens is 2. The quantitative estimate of drug-likeness (QED) is 0.868. The molecule has 5 nitrogen and oxygen atoms in total. The van der Waals surface area contributed by atoms with Crippen LogP contribution in [-0.2, 0) is 17.8 Å². The van der Waals surface area contributed by atoms with Crippen molar-refractivity contribution < 1.29 is 9.32 Å². The van der Waals surface area contributed by atoms with Gasteiger partial charge in [0.1, 0.15) is 0 Å². The standard InChI is InChI=1S/C16H19N3O2S/c1-10(2)15-17-14(18-21-15)9-19(3)16(20)13-8-11-6-4-5-7-12(11)22-13/h4-7,10,13H,8-9H2,1-3H3/t13-/m1/s1. The van der Waals surface area contributed by atoms with Crippen molar-refractivity contribution in [2.45, 2.75) is 42.9 Å². The first-order chi connectivity index (χ1) is 10.5. The molecule has 1 amide bonds. The van der Waals surface area contributed by atoms with Gasteiger partial charge >= 0.3 is 0 Å². The molecule has 0 spiro atoms. The number of carbonyl (C=O) groups excluding carboxylic acids is 1. The van der Waals surface area contributed by atoms with Gasteiger partial charge in [-0.1, -0.05) is 37.2 Å². The lowest BCUT2D eigenvalue weighted by molar-refractivity contribution is -0.129. The van der Waals surface area contributed by atoms with Crippen LogP contribution < -0.4 is 0 Å². The molecular weight excluding hydrogens is 298 g/mol. The topological polar surface area (TPSA) is 59.2 Å². The number of carbonyl (C=O) groups is 1. The highest BCUT2D eigenvalue weighted by molar-refractivity contribution is 8.01. The Kier molecular flexibility index (Phi) is 4.20. The van der Waals surface area contributed by atoms with Gasteiger partial charge in [-0.25, -0.2) is 0 Å². The average Bonchev–Trinajstić information content (AvgIpc) is 3.12. The maximum Gasteiger partial charge on any atom is 0.236 e. The first-order valence-electron chi connectivity index (χ1n) is 7.36. The van der Waals surface area contributed by atoms with Crippen LogP contribution in [0.2, 0.25) is 0 Å². The third-order valence-corrected chi connectivity index (χ3v) is 4.96. The van der Waals surface area contributed by atoms with Gasteiger partial charge in [0.25, 0.3) is 0 Å². The van der Waals surface area contributed by atoms with Crippen LogP contribution in [0.3, 0.4) is 0 Å². The van der Waals surface area contributed by atoms with Crippen LogP contribution in [0.25, 0.3) is 0 Å². The summed E-state index contributed by atoms with van der Waals surface area (Å²) >= 11 is 1.64. The molecule has 1 aromatic carbocycles. The monoisotopic (exact) mass is 317 g/mol. The van der Waals surface area contributed by atoms with Crippen LogP contribution in [0, 0.1) is 0 Å². The maximum absolute atomic E-state index is 12.6. The summed E-state index contributed by atoms with van der Waals surface area (Å²) < 4.78 is 5.18. The molecule has 0 unspecified atom stereocenters. The minimum atomic E-state index is -0.0566. The first-order valence-corrected chi connectivity index (χ1v) is 8.24. The highest BCUT2D eigenvalue weighted by Crippen LogP contribution is 2.37. The molecule has 0 N–H and O–H groups in total. The lowest BCUT2D eigenvalue weighted by atomic mass is 10.1. The number of rotatable bonds is 4. The smallest absolute Gasteiger partial charge is 0.236 e. The van der Waals surface area contributed by atoms with Crippen molar-refractivity contribution in [2.75, 3.05) is 7.05 Å². The number of fused-ring (bicyclic) bond motifs is 1. The number of benzene rings is 1. The molecular formula is C16H19N3O2S. The summed E-state index contributed by atoms with van der Waals surface area (Å²) in [5.41, 5.74) is 1.25. The van der Waals surface area contributed by atoms with Crippen molar-refractivity contribution in [1.29, 1.82) is 0 Å². The molecule has 1 aliphatic heterocycles. The Morgan fingerprint density at radius 1 is 1.45 bits per heavy atom. The molecule has 1 atom stereocenters. The summed E-state index contributed by atoms with van der Waals surface area (Å²) in [6.07, 6.45) is 0.785. The highest BCUT2D eigenvalue weighted by atomic mass is 32.2. The molecule has 0 saturated heterocycles. The third-order valence-electron chi connectivity index (χ3n) is 3.66. The number of thioether (sulfide) groups is 1. The number of hydrogen-bond acceptors (Lipinski definition) is 5. The zero-order valence-electron chi connectivity index (χ0n) is 12.9. The van der Waals surface area contributed by atoms with Crippen molar-refractivity contribution in [3.63, 3.8) is 0 Å². The van der Waals surface area contributed by atoms with Crippen molar-refractivity contribution >= 4 is 17.7 Å². The summed E-state index contributed by atoms with van der Waals surface area (Å²) in [6.45, 7) is 4.37. The molecule has 2 heterocycles. The summed E-state index contributed by atoms with van der Waals surface area (Å²) in [5, 5.41) is 3.88. The van der Waals surface area contributed by atoms with Gasteiger partial charge in [0.05, 0.1) is 11.8 Å². The predicted molar refractivity (Wildman–Crippen MR) is 84.7 cm³/mol. The normalized spacial score (nSPS) is 16.8. The van der Waals surface area contributed by atoms with Crippen LogP contribution in [0.5, 0.6) is 0 Å². The van der Waals surface area contributed by atoms with Gasteiger partial charge in [-0.15, -0.1) is 11.8 Å². The van der Waals surface area contributed by atoms with E-state index in [1.165, 1.54) is 10.5 Å². The van der Waals surface area contributed by atoms with Gasteiger partial charge in [0.15, 0.2) is 5.82 Å². The summed E-state index contributed by atoms with van der Waals surface area (Å²) in [7, 11) is 1.79. The summed E-state index contributed by atoms with van der Waals surface area (Å²) in [6, 6.07) is 8.18. The zero-order chi connectivity index (χ0) is 15.7. The van der Waals surface area contributed by atoms with Gasteiger partial charge in [-0.3, -0.25) is 4.79 Å². The number of amides is 1. The summed E-state index contributed by atoms with van der Waals surface area (Å²) in [4.78, 5) is 19.8. The van der Waals surface area contributed by atoms with Crippen LogP contribution in [0.4, 0.5) is 0 Å². The minimum Gasteiger partial charge on any atom is -0.339 e. The Morgan fingerprint density at radius 3 is 2.91 bits per heavy atom. The van der Waals surface area contributed by atoms with Crippen LogP contribution in [0.1, 0.15) is 37.0 Å². The second kappa shape index (κ2) is 6.12. The van der Waals surface area contributed by atoms with Crippen molar-refractivity contribution in [3.05, 3.63) is 41.5 Å². The second-order valence-corrected chi connectivity index (χ2v) is 7.06. The number of nitrogens with zero attached hydrogens (tertiary/aromatic N) is 3. The van der Waals surface area contributed by atoms with E-state index in [0.717, 1.165) is 6.42 Å². The Labute approximate surface area is 134 Å². The van der Waals surface area contributed by atoms with Gasteiger partial charge in [-0.2, -0.15) is 4.98 Å². The lowest BCUT2D eigenvalue weighted by Gasteiger charge is -2.18. The Morgan fingerprint density at radius 2 is 2.23 bits per heavy atom. The largest absolute Gasteiger partial charge is 0.339 e. The zero-order valence-corrected chi connectivity index (χ0v) is 13.8. The van der Waals surface area contributed by atoms with Gasteiger partial charge < -0.3 is 9.42 Å². The van der Waals surface area contributed by atoms with Gasteiger partial charge in [-0.05, 0) is 18.1 Å². The molecule has 6 heteroatoms. The fourth-order valence-electron chi connectivity index (χ4n) is 2.42. The van der Waals surface area contributed by atoms with E-state index in [9.17, 15) is 4.79 Å². The molecule has 22 heavy (non-hydrogen) atoms. The molecule has 0 bridgehead atoms. The van der Waals surface area contributed by atoms with Gasteiger partial charge in [0.2, 0.25) is 11.8 Å². The van der Waals surface area contributed by atoms with Crippen LogP contribution >= 0.6 is 11.8 Å². The molecule has 0 saturated carbocycles. The number of hydrogen-bond donors (Lipinski definition) is 0. The molecule has 0 radical (unpaired) electrons. The molecule has 0 fully saturated rings. The van der Waals surface area contributed by atoms with E-state index in [4.69, 9.17) is 4.52 Å². The highest BCUT2D eigenvalue weighted by Gasteiger charge is 2.30. The molecule has 1 aliphatic rings. The first kappa shape index (κ1) is 15.1. The lowest BCUT2D eigenvalue weighted by Crippen LogP contribution is -2.34. The summed E-state index contributed by atoms with van der Waals surface area (Å²) in [5.74, 6) is 1.47. The van der Waals surface area contributed by atoms with E-state index in [0.29, 0.717) is 18.3 Å². The SMILES string of the molecule is CC(C)c1nc(CN(C)C(=O)[C@H]2Cc3ccccc3S2)no1. The van der Waals surface area contributed by atoms with Crippen molar-refractivity contribution in [2.24, 2.45) is 0 Å². The third kappa shape index (κ3) is 3.02. The van der Waals surface area contributed by atoms with E-state index in [-0.39, 0.29) is 17.1 Å². The molecule has 3 rings (SSSR count). The molecule has 116 valence electrons. The van der Waals surface area contributed by atoms with Crippen LogP contribution in [-0.4, -0.2) is 33.2 Å². The second-order valence-electron chi connectivity index (χ2n) is 5.82. The average molecular weight is 317 g/mol. The Bertz CT molecular complexity index is 659. The predicted octanol–water partition coefficient (Wildman–Crippen LogP) is 2.87. The van der Waals surface area contributed by atoms with E-state index in [1.807, 2.05) is 26.0 Å². The van der Waals surface area contributed by atoms with E-state index < -0.39 is 0 Å². The van der Waals surface area contributed by atoms with Crippen molar-refractivity contribution in [1.82, 2.24) is 15.0 Å². The van der Waals surface area contributed by atoms with Crippen LogP contribution in [0.15, 0.2) is 33.7 Å². The molecule has 2 aromatic rings. The van der Waals surface area contributed by atoms with E-state index in [1.54, 1.807) is 23.7 Å². The Hall–Kier alpha value is -1.82. The fraction of sp³-hybridized carbons (Fsp3) is 0.438. The maximum atomic E-state index is 12.6. The molecule has 1 aromatic heterocycles.